The summed E-state index contributed by atoms with van der Waals surface area (Å²) < 4.78 is 0. The fourth-order valence-electron chi connectivity index (χ4n) is 2.04. The third-order valence-corrected chi connectivity index (χ3v) is 3.06. The summed E-state index contributed by atoms with van der Waals surface area (Å²) in [5, 5.41) is 1.00. The summed E-state index contributed by atoms with van der Waals surface area (Å²) in [6.45, 7) is 1.58. The van der Waals surface area contributed by atoms with E-state index in [0.717, 1.165) is 22.0 Å². The van der Waals surface area contributed by atoms with Gasteiger partial charge in [-0.1, -0.05) is 48.5 Å². The first kappa shape index (κ1) is 14.6. The molecule has 0 aliphatic heterocycles. The Bertz CT molecular complexity index is 742. The molecule has 0 saturated heterocycles. The molecule has 106 valence electrons. The SMILES string of the molecule is CC(=O)c1c[nH]c2ccccc12.NC=Cc1ccccc1. The zero-order chi connectivity index (χ0) is 15.1. The predicted molar refractivity (Wildman–Crippen MR) is 88.0 cm³/mol. The van der Waals surface area contributed by atoms with E-state index in [2.05, 4.69) is 4.98 Å². The van der Waals surface area contributed by atoms with E-state index in [1.807, 2.05) is 60.7 Å². The van der Waals surface area contributed by atoms with Gasteiger partial charge in [0.25, 0.3) is 0 Å². The molecule has 3 rings (SSSR count). The van der Waals surface area contributed by atoms with E-state index < -0.39 is 0 Å². The smallest absolute Gasteiger partial charge is 0.161 e. The van der Waals surface area contributed by atoms with Crippen LogP contribution in [0.5, 0.6) is 0 Å². The van der Waals surface area contributed by atoms with Crippen molar-refractivity contribution < 1.29 is 4.79 Å². The number of rotatable bonds is 2. The molecule has 0 bridgehead atoms. The van der Waals surface area contributed by atoms with Crippen LogP contribution in [0.3, 0.4) is 0 Å². The number of carbonyl (C=O) groups excluding carboxylic acids is 1. The third kappa shape index (κ3) is 3.83. The van der Waals surface area contributed by atoms with Gasteiger partial charge in [-0.2, -0.15) is 0 Å². The average molecular weight is 278 g/mol. The Morgan fingerprint density at radius 3 is 2.38 bits per heavy atom. The van der Waals surface area contributed by atoms with E-state index in [1.165, 1.54) is 6.20 Å². The summed E-state index contributed by atoms with van der Waals surface area (Å²) in [5.41, 5.74) is 8.10. The second-order valence-corrected chi connectivity index (χ2v) is 4.57. The van der Waals surface area contributed by atoms with Crippen LogP contribution in [0.25, 0.3) is 17.0 Å². The third-order valence-electron chi connectivity index (χ3n) is 3.06. The maximum atomic E-state index is 11.1. The Morgan fingerprint density at radius 2 is 1.71 bits per heavy atom. The summed E-state index contributed by atoms with van der Waals surface area (Å²) in [4.78, 5) is 14.1. The molecule has 1 heterocycles. The van der Waals surface area contributed by atoms with Gasteiger partial charge in [0.2, 0.25) is 0 Å². The molecule has 0 unspecified atom stereocenters. The van der Waals surface area contributed by atoms with E-state index in [-0.39, 0.29) is 5.78 Å². The zero-order valence-electron chi connectivity index (χ0n) is 11.9. The van der Waals surface area contributed by atoms with Gasteiger partial charge in [0.05, 0.1) is 0 Å². The number of aromatic nitrogens is 1. The van der Waals surface area contributed by atoms with Gasteiger partial charge in [-0.3, -0.25) is 4.79 Å². The number of para-hydroxylation sites is 1. The number of Topliss-reactive ketones (excluding diaryl/α,β-unsaturated/α-hetero) is 1. The summed E-state index contributed by atoms with van der Waals surface area (Å²) >= 11 is 0. The molecule has 0 radical (unpaired) electrons. The van der Waals surface area contributed by atoms with Gasteiger partial charge in [-0.05, 0) is 30.8 Å². The van der Waals surface area contributed by atoms with E-state index >= 15 is 0 Å². The second-order valence-electron chi connectivity index (χ2n) is 4.57. The molecular weight excluding hydrogens is 260 g/mol. The van der Waals surface area contributed by atoms with E-state index in [1.54, 1.807) is 13.1 Å². The van der Waals surface area contributed by atoms with Crippen LogP contribution >= 0.6 is 0 Å². The average Bonchev–Trinajstić information content (AvgIpc) is 2.93. The molecule has 3 aromatic rings. The van der Waals surface area contributed by atoms with Crippen LogP contribution in [0.1, 0.15) is 22.8 Å². The number of ketones is 1. The largest absolute Gasteiger partial charge is 0.405 e. The van der Waals surface area contributed by atoms with E-state index in [0.29, 0.717) is 0 Å². The van der Waals surface area contributed by atoms with Crippen LogP contribution in [-0.4, -0.2) is 10.8 Å². The second kappa shape index (κ2) is 7.10. The Morgan fingerprint density at radius 1 is 1.05 bits per heavy atom. The van der Waals surface area contributed by atoms with Crippen molar-refractivity contribution in [3.63, 3.8) is 0 Å². The van der Waals surface area contributed by atoms with Crippen molar-refractivity contribution in [2.75, 3.05) is 0 Å². The molecule has 21 heavy (non-hydrogen) atoms. The lowest BCUT2D eigenvalue weighted by Gasteiger charge is -1.90. The van der Waals surface area contributed by atoms with Crippen LogP contribution in [0.2, 0.25) is 0 Å². The minimum atomic E-state index is 0.104. The van der Waals surface area contributed by atoms with Gasteiger partial charge >= 0.3 is 0 Å². The highest BCUT2D eigenvalue weighted by Gasteiger charge is 2.05. The van der Waals surface area contributed by atoms with Crippen LogP contribution in [0.15, 0.2) is 67.0 Å². The number of aromatic amines is 1. The Kier molecular flexibility index (Phi) is 4.94. The maximum absolute atomic E-state index is 11.1. The molecule has 0 saturated carbocycles. The highest BCUT2D eigenvalue weighted by atomic mass is 16.1. The number of hydrogen-bond acceptors (Lipinski definition) is 2. The summed E-state index contributed by atoms with van der Waals surface area (Å²) in [6.07, 6.45) is 5.16. The van der Waals surface area contributed by atoms with Crippen LogP contribution in [0.4, 0.5) is 0 Å². The van der Waals surface area contributed by atoms with Crippen molar-refractivity contribution in [3.8, 4) is 0 Å². The van der Waals surface area contributed by atoms with Crippen molar-refractivity contribution in [1.29, 1.82) is 0 Å². The highest BCUT2D eigenvalue weighted by Crippen LogP contribution is 2.17. The zero-order valence-corrected chi connectivity index (χ0v) is 11.9. The van der Waals surface area contributed by atoms with E-state index in [4.69, 9.17) is 5.73 Å². The molecule has 0 aliphatic carbocycles. The topological polar surface area (TPSA) is 58.9 Å². The summed E-state index contributed by atoms with van der Waals surface area (Å²) in [6, 6.07) is 17.7. The molecule has 0 spiro atoms. The molecular formula is C18H18N2O. The minimum Gasteiger partial charge on any atom is -0.405 e. The summed E-state index contributed by atoms with van der Waals surface area (Å²) in [7, 11) is 0. The minimum absolute atomic E-state index is 0.104. The van der Waals surface area contributed by atoms with Crippen molar-refractivity contribution in [3.05, 3.63) is 78.1 Å². The number of nitrogens with two attached hydrogens (primary N) is 1. The number of carbonyl (C=O) groups is 1. The molecule has 2 aromatic carbocycles. The number of nitrogens with one attached hydrogen (secondary N) is 1. The number of hydrogen-bond donors (Lipinski definition) is 2. The van der Waals surface area contributed by atoms with Gasteiger partial charge in [-0.15, -0.1) is 0 Å². The normalized spacial score (nSPS) is 10.3. The van der Waals surface area contributed by atoms with E-state index in [9.17, 15) is 4.79 Å². The monoisotopic (exact) mass is 278 g/mol. The molecule has 1 aromatic heterocycles. The standard InChI is InChI=1S/C10H9NO.C8H9N/c1-7(12)9-6-11-10-5-3-2-4-8(9)10;9-7-6-8-4-2-1-3-5-8/h2-6,11H,1H3;1-7H,9H2. The Balaban J connectivity index is 0.000000161. The lowest BCUT2D eigenvalue weighted by molar-refractivity contribution is 0.101. The first-order chi connectivity index (χ1) is 10.2. The number of H-pyrrole nitrogens is 1. The first-order valence-electron chi connectivity index (χ1n) is 6.72. The molecule has 0 atom stereocenters. The van der Waals surface area contributed by atoms with Crippen molar-refractivity contribution >= 4 is 22.8 Å². The lowest BCUT2D eigenvalue weighted by Crippen LogP contribution is -1.87. The van der Waals surface area contributed by atoms with Gasteiger partial charge in [0, 0.05) is 22.7 Å². The Labute approximate surface area is 124 Å². The molecule has 3 nitrogen and oxygen atoms in total. The van der Waals surface area contributed by atoms with Crippen molar-refractivity contribution in [2.45, 2.75) is 6.92 Å². The molecule has 3 heteroatoms. The quantitative estimate of drug-likeness (QED) is 0.696. The summed E-state index contributed by atoms with van der Waals surface area (Å²) in [5.74, 6) is 0.104. The molecule has 0 amide bonds. The maximum Gasteiger partial charge on any atom is 0.161 e. The van der Waals surface area contributed by atoms with Crippen LogP contribution < -0.4 is 5.73 Å². The molecule has 3 N–H and O–H groups in total. The van der Waals surface area contributed by atoms with Crippen LogP contribution in [0, 0.1) is 0 Å². The Hall–Kier alpha value is -2.81. The van der Waals surface area contributed by atoms with Crippen molar-refractivity contribution in [2.24, 2.45) is 5.73 Å². The fourth-order valence-corrected chi connectivity index (χ4v) is 2.04. The number of fused-ring (bicyclic) bond motifs is 1. The predicted octanol–water partition coefficient (Wildman–Crippen LogP) is 3.99. The number of benzene rings is 2. The van der Waals surface area contributed by atoms with Gasteiger partial charge in [-0.25, -0.2) is 0 Å². The fraction of sp³-hybridized carbons (Fsp3) is 0.0556. The van der Waals surface area contributed by atoms with Gasteiger partial charge in [0.15, 0.2) is 5.78 Å². The van der Waals surface area contributed by atoms with Crippen molar-refractivity contribution in [1.82, 2.24) is 4.98 Å². The molecule has 0 aliphatic rings. The van der Waals surface area contributed by atoms with Crippen LogP contribution in [-0.2, 0) is 0 Å². The highest BCUT2D eigenvalue weighted by molar-refractivity contribution is 6.06. The van der Waals surface area contributed by atoms with Gasteiger partial charge in [0.1, 0.15) is 0 Å². The lowest BCUT2D eigenvalue weighted by atomic mass is 10.1. The first-order valence-corrected chi connectivity index (χ1v) is 6.72. The van der Waals surface area contributed by atoms with Gasteiger partial charge < -0.3 is 10.7 Å². The molecule has 0 fully saturated rings.